The fraction of sp³-hybridized carbons (Fsp3) is 0.833. The standard InChI is InChI=1S/C18H33N3O5/c1-3-5-7-11-19-16(23)14-10-8-12-21(14)18(25)13(9-6-4-2)15(22)17(24)20-26/h13-15,22,26H,3-12H2,1-2H3,(H,19,23)(H,20,24)/t13?,14-,15?/m0/s1. The van der Waals surface area contributed by atoms with Gasteiger partial charge < -0.3 is 15.3 Å². The number of hydroxylamine groups is 1. The Balaban J connectivity index is 2.77. The molecule has 0 bridgehead atoms. The molecule has 8 nitrogen and oxygen atoms in total. The summed E-state index contributed by atoms with van der Waals surface area (Å²) in [4.78, 5) is 38.4. The second kappa shape index (κ2) is 11.9. The maximum absolute atomic E-state index is 12.9. The van der Waals surface area contributed by atoms with Crippen molar-refractivity contribution in [3.63, 3.8) is 0 Å². The number of nitrogens with one attached hydrogen (secondary N) is 2. The van der Waals surface area contributed by atoms with Crippen LogP contribution in [-0.2, 0) is 14.4 Å². The summed E-state index contributed by atoms with van der Waals surface area (Å²) < 4.78 is 0. The van der Waals surface area contributed by atoms with Crippen LogP contribution >= 0.6 is 0 Å². The highest BCUT2D eigenvalue weighted by molar-refractivity contribution is 5.92. The summed E-state index contributed by atoms with van der Waals surface area (Å²) in [7, 11) is 0. The number of unbranched alkanes of at least 4 members (excludes halogenated alkanes) is 3. The predicted molar refractivity (Wildman–Crippen MR) is 96.2 cm³/mol. The predicted octanol–water partition coefficient (Wildman–Crippen LogP) is 0.957. The Bertz CT molecular complexity index is 472. The molecule has 0 aromatic heterocycles. The molecule has 150 valence electrons. The SMILES string of the molecule is CCCCCNC(=O)[C@@H]1CCCN1C(=O)C(CCCC)C(O)C(=O)NO. The molecule has 3 amide bonds. The van der Waals surface area contributed by atoms with Gasteiger partial charge in [0.2, 0.25) is 11.8 Å². The minimum Gasteiger partial charge on any atom is -0.382 e. The number of carbonyl (C=O) groups excluding carboxylic acids is 3. The van der Waals surface area contributed by atoms with Gasteiger partial charge >= 0.3 is 0 Å². The highest BCUT2D eigenvalue weighted by Crippen LogP contribution is 2.24. The van der Waals surface area contributed by atoms with Gasteiger partial charge in [-0.1, -0.05) is 39.5 Å². The van der Waals surface area contributed by atoms with E-state index < -0.39 is 29.9 Å². The van der Waals surface area contributed by atoms with Gasteiger partial charge in [-0.3, -0.25) is 19.6 Å². The zero-order valence-corrected chi connectivity index (χ0v) is 15.9. The third-order valence-corrected chi connectivity index (χ3v) is 4.86. The van der Waals surface area contributed by atoms with Gasteiger partial charge in [-0.25, -0.2) is 5.48 Å². The Morgan fingerprint density at radius 1 is 1.15 bits per heavy atom. The Morgan fingerprint density at radius 2 is 1.85 bits per heavy atom. The molecule has 2 unspecified atom stereocenters. The lowest BCUT2D eigenvalue weighted by Crippen LogP contribution is -2.51. The van der Waals surface area contributed by atoms with Gasteiger partial charge in [-0.15, -0.1) is 0 Å². The first-order chi connectivity index (χ1) is 12.5. The Kier molecular flexibility index (Phi) is 10.2. The van der Waals surface area contributed by atoms with Crippen LogP contribution in [0, 0.1) is 5.92 Å². The van der Waals surface area contributed by atoms with Crippen LogP contribution in [0.5, 0.6) is 0 Å². The smallest absolute Gasteiger partial charge is 0.272 e. The molecule has 3 atom stereocenters. The van der Waals surface area contributed by atoms with Crippen molar-refractivity contribution in [3.8, 4) is 0 Å². The van der Waals surface area contributed by atoms with Crippen molar-refractivity contribution in [2.45, 2.75) is 77.4 Å². The molecule has 26 heavy (non-hydrogen) atoms. The molecule has 0 aromatic carbocycles. The van der Waals surface area contributed by atoms with Crippen molar-refractivity contribution in [3.05, 3.63) is 0 Å². The zero-order valence-electron chi connectivity index (χ0n) is 15.9. The third-order valence-electron chi connectivity index (χ3n) is 4.86. The summed E-state index contributed by atoms with van der Waals surface area (Å²) in [5.41, 5.74) is 1.40. The summed E-state index contributed by atoms with van der Waals surface area (Å²) in [5, 5.41) is 21.8. The van der Waals surface area contributed by atoms with Gasteiger partial charge in [-0.2, -0.15) is 0 Å². The van der Waals surface area contributed by atoms with Gasteiger partial charge in [0, 0.05) is 13.1 Å². The van der Waals surface area contributed by atoms with Crippen molar-refractivity contribution in [2.24, 2.45) is 5.92 Å². The lowest BCUT2D eigenvalue weighted by Gasteiger charge is -2.30. The fourth-order valence-corrected chi connectivity index (χ4v) is 3.31. The number of carbonyl (C=O) groups is 3. The number of hydrogen-bond donors (Lipinski definition) is 4. The summed E-state index contributed by atoms with van der Waals surface area (Å²) in [6.07, 6.45) is 4.45. The van der Waals surface area contributed by atoms with Crippen LogP contribution in [0.15, 0.2) is 0 Å². The second-order valence-corrected chi connectivity index (χ2v) is 6.86. The summed E-state index contributed by atoms with van der Waals surface area (Å²) in [6.45, 7) is 5.05. The lowest BCUT2D eigenvalue weighted by molar-refractivity contribution is -0.152. The third kappa shape index (κ3) is 6.25. The van der Waals surface area contributed by atoms with E-state index >= 15 is 0 Å². The Morgan fingerprint density at radius 3 is 2.46 bits per heavy atom. The van der Waals surface area contributed by atoms with E-state index in [1.807, 2.05) is 6.92 Å². The first-order valence-electron chi connectivity index (χ1n) is 9.68. The number of likely N-dealkylation sites (tertiary alicyclic amines) is 1. The normalized spacial score (nSPS) is 19.1. The van der Waals surface area contributed by atoms with Crippen LogP contribution in [0.4, 0.5) is 0 Å². The molecule has 0 radical (unpaired) electrons. The molecule has 0 saturated carbocycles. The molecule has 1 rings (SSSR count). The van der Waals surface area contributed by atoms with Crippen molar-refractivity contribution in [1.29, 1.82) is 0 Å². The minimum atomic E-state index is -1.63. The van der Waals surface area contributed by atoms with Crippen molar-refractivity contribution < 1.29 is 24.7 Å². The number of amides is 3. The first-order valence-corrected chi connectivity index (χ1v) is 9.68. The molecule has 1 aliphatic heterocycles. The topological polar surface area (TPSA) is 119 Å². The van der Waals surface area contributed by atoms with Gasteiger partial charge in [0.1, 0.15) is 12.1 Å². The van der Waals surface area contributed by atoms with Gasteiger partial charge in [-0.05, 0) is 25.7 Å². The monoisotopic (exact) mass is 371 g/mol. The van der Waals surface area contributed by atoms with Crippen LogP contribution in [0.1, 0.15) is 65.2 Å². The van der Waals surface area contributed by atoms with Crippen LogP contribution in [0.25, 0.3) is 0 Å². The molecule has 1 fully saturated rings. The fourth-order valence-electron chi connectivity index (χ4n) is 3.31. The van der Waals surface area contributed by atoms with Crippen molar-refractivity contribution in [2.75, 3.05) is 13.1 Å². The van der Waals surface area contributed by atoms with Gasteiger partial charge in [0.05, 0.1) is 5.92 Å². The minimum absolute atomic E-state index is 0.178. The number of nitrogens with zero attached hydrogens (tertiary/aromatic N) is 1. The van der Waals surface area contributed by atoms with Crippen molar-refractivity contribution >= 4 is 17.7 Å². The molecule has 8 heteroatoms. The van der Waals surface area contributed by atoms with Crippen LogP contribution in [-0.4, -0.2) is 58.2 Å². The summed E-state index contributed by atoms with van der Waals surface area (Å²) in [6, 6.07) is -0.558. The maximum atomic E-state index is 12.9. The van der Waals surface area contributed by atoms with E-state index in [0.717, 1.165) is 25.7 Å². The van der Waals surface area contributed by atoms with E-state index in [9.17, 15) is 19.5 Å². The summed E-state index contributed by atoms with van der Waals surface area (Å²) in [5.74, 6) is -2.54. The number of aliphatic hydroxyl groups is 1. The van der Waals surface area contributed by atoms with E-state index in [1.165, 1.54) is 10.4 Å². The van der Waals surface area contributed by atoms with Crippen LogP contribution < -0.4 is 10.8 Å². The van der Waals surface area contributed by atoms with E-state index in [-0.39, 0.29) is 5.91 Å². The zero-order chi connectivity index (χ0) is 19.5. The van der Waals surface area contributed by atoms with Crippen molar-refractivity contribution in [1.82, 2.24) is 15.7 Å². The largest absolute Gasteiger partial charge is 0.382 e. The van der Waals surface area contributed by atoms with E-state index in [0.29, 0.717) is 38.8 Å². The highest BCUT2D eigenvalue weighted by Gasteiger charge is 2.40. The molecular formula is C18H33N3O5. The molecule has 0 spiro atoms. The summed E-state index contributed by atoms with van der Waals surface area (Å²) >= 11 is 0. The lowest BCUT2D eigenvalue weighted by atomic mass is 9.93. The average Bonchev–Trinajstić information content (AvgIpc) is 3.14. The molecule has 0 aliphatic carbocycles. The second-order valence-electron chi connectivity index (χ2n) is 6.86. The maximum Gasteiger partial charge on any atom is 0.272 e. The number of hydrogen-bond acceptors (Lipinski definition) is 5. The molecule has 1 aliphatic rings. The Hall–Kier alpha value is -1.67. The van der Waals surface area contributed by atoms with E-state index in [4.69, 9.17) is 5.21 Å². The molecule has 1 heterocycles. The number of rotatable bonds is 11. The molecular weight excluding hydrogens is 338 g/mol. The van der Waals surface area contributed by atoms with Gasteiger partial charge in [0.15, 0.2) is 0 Å². The van der Waals surface area contributed by atoms with Crippen LogP contribution in [0.3, 0.4) is 0 Å². The molecule has 4 N–H and O–H groups in total. The molecule has 1 saturated heterocycles. The first kappa shape index (κ1) is 22.4. The molecule has 0 aromatic rings. The highest BCUT2D eigenvalue weighted by atomic mass is 16.5. The van der Waals surface area contributed by atoms with Crippen LogP contribution in [0.2, 0.25) is 0 Å². The van der Waals surface area contributed by atoms with E-state index in [2.05, 4.69) is 12.2 Å². The quantitative estimate of drug-likeness (QED) is 0.245. The average molecular weight is 371 g/mol. The van der Waals surface area contributed by atoms with Gasteiger partial charge in [0.25, 0.3) is 5.91 Å². The van der Waals surface area contributed by atoms with E-state index in [1.54, 1.807) is 0 Å². The number of aliphatic hydroxyl groups excluding tert-OH is 1. The Labute approximate surface area is 155 Å².